The van der Waals surface area contributed by atoms with Crippen LogP contribution in [-0.2, 0) is 4.79 Å². The van der Waals surface area contributed by atoms with Gasteiger partial charge in [-0.25, -0.2) is 5.43 Å². The third-order valence-electron chi connectivity index (χ3n) is 3.17. The number of hydrogen-bond donors (Lipinski definition) is 3. The summed E-state index contributed by atoms with van der Waals surface area (Å²) in [5.74, 6) is -0.0941. The van der Waals surface area contributed by atoms with E-state index < -0.39 is 0 Å². The molecule has 1 heterocycles. The van der Waals surface area contributed by atoms with Gasteiger partial charge in [0.25, 0.3) is 5.91 Å². The van der Waals surface area contributed by atoms with Crippen molar-refractivity contribution in [3.05, 3.63) is 24.0 Å². The van der Waals surface area contributed by atoms with Crippen LogP contribution in [0.4, 0.5) is 0 Å². The van der Waals surface area contributed by atoms with E-state index >= 15 is 0 Å². The molecule has 0 aromatic carbocycles. The molecule has 1 aromatic rings. The van der Waals surface area contributed by atoms with Crippen LogP contribution < -0.4 is 10.7 Å². The minimum Gasteiger partial charge on any atom is -0.360 e. The van der Waals surface area contributed by atoms with Gasteiger partial charge in [0.05, 0.1) is 18.5 Å². The smallest absolute Gasteiger partial charge is 0.254 e. The van der Waals surface area contributed by atoms with Gasteiger partial charge in [-0.1, -0.05) is 19.3 Å². The van der Waals surface area contributed by atoms with Crippen molar-refractivity contribution in [2.75, 3.05) is 6.54 Å². The molecule has 0 aliphatic heterocycles. The number of hydrazone groups is 1. The number of nitrogens with one attached hydrogen (secondary N) is 3. The van der Waals surface area contributed by atoms with Gasteiger partial charge in [0.2, 0.25) is 0 Å². The van der Waals surface area contributed by atoms with Gasteiger partial charge in [-0.2, -0.15) is 5.10 Å². The minimum absolute atomic E-state index is 0.0941. The van der Waals surface area contributed by atoms with Crippen LogP contribution in [0, 0.1) is 0 Å². The molecule has 3 N–H and O–H groups in total. The van der Waals surface area contributed by atoms with Gasteiger partial charge in [0.1, 0.15) is 0 Å². The minimum atomic E-state index is -0.0941. The van der Waals surface area contributed by atoms with E-state index in [1.54, 1.807) is 6.21 Å². The molecule has 0 saturated heterocycles. The number of amides is 1. The Morgan fingerprint density at radius 2 is 2.28 bits per heavy atom. The van der Waals surface area contributed by atoms with Gasteiger partial charge in [-0.3, -0.25) is 4.79 Å². The highest BCUT2D eigenvalue weighted by molar-refractivity contribution is 5.81. The summed E-state index contributed by atoms with van der Waals surface area (Å²) < 4.78 is 0. The fraction of sp³-hybridized carbons (Fsp3) is 0.538. The summed E-state index contributed by atoms with van der Waals surface area (Å²) in [7, 11) is 0. The van der Waals surface area contributed by atoms with Crippen molar-refractivity contribution < 1.29 is 4.79 Å². The molecule has 1 aliphatic carbocycles. The van der Waals surface area contributed by atoms with E-state index in [2.05, 4.69) is 20.8 Å². The van der Waals surface area contributed by atoms with Crippen LogP contribution in [0.25, 0.3) is 0 Å². The molecule has 5 nitrogen and oxygen atoms in total. The van der Waals surface area contributed by atoms with E-state index in [0.717, 1.165) is 5.69 Å². The molecule has 0 atom stereocenters. The molecule has 0 spiro atoms. The molecular formula is C13H20N4O. The van der Waals surface area contributed by atoms with Crippen LogP contribution in [0.2, 0.25) is 0 Å². The number of hydrogen-bond acceptors (Lipinski definition) is 3. The van der Waals surface area contributed by atoms with Crippen LogP contribution in [0.15, 0.2) is 23.4 Å². The molecule has 2 rings (SSSR count). The average molecular weight is 248 g/mol. The van der Waals surface area contributed by atoms with Crippen molar-refractivity contribution >= 4 is 12.1 Å². The molecule has 5 heteroatoms. The fourth-order valence-electron chi connectivity index (χ4n) is 2.18. The number of aromatic nitrogens is 1. The maximum Gasteiger partial charge on any atom is 0.254 e. The summed E-state index contributed by atoms with van der Waals surface area (Å²) in [6.45, 7) is 0.340. The average Bonchev–Trinajstić information content (AvgIpc) is 2.91. The second kappa shape index (κ2) is 6.96. The van der Waals surface area contributed by atoms with Crippen LogP contribution in [0.1, 0.15) is 37.8 Å². The van der Waals surface area contributed by atoms with Crippen LogP contribution in [-0.4, -0.2) is 29.7 Å². The van der Waals surface area contributed by atoms with Crippen molar-refractivity contribution in [3.8, 4) is 0 Å². The Labute approximate surface area is 107 Å². The van der Waals surface area contributed by atoms with Gasteiger partial charge in [0.15, 0.2) is 0 Å². The quantitative estimate of drug-likeness (QED) is 0.544. The molecule has 0 radical (unpaired) electrons. The van der Waals surface area contributed by atoms with E-state index in [4.69, 9.17) is 0 Å². The van der Waals surface area contributed by atoms with Crippen molar-refractivity contribution in [2.45, 2.75) is 38.1 Å². The van der Waals surface area contributed by atoms with E-state index in [-0.39, 0.29) is 5.91 Å². The molecule has 1 fully saturated rings. The van der Waals surface area contributed by atoms with Crippen LogP contribution >= 0.6 is 0 Å². The second-order valence-electron chi connectivity index (χ2n) is 4.63. The van der Waals surface area contributed by atoms with Crippen LogP contribution in [0.5, 0.6) is 0 Å². The number of nitrogens with zero attached hydrogens (tertiary/aromatic N) is 1. The third kappa shape index (κ3) is 4.33. The van der Waals surface area contributed by atoms with E-state index in [1.807, 2.05) is 18.3 Å². The van der Waals surface area contributed by atoms with Crippen molar-refractivity contribution in [2.24, 2.45) is 5.10 Å². The lowest BCUT2D eigenvalue weighted by atomic mass is 9.95. The van der Waals surface area contributed by atoms with Gasteiger partial charge in [-0.15, -0.1) is 0 Å². The maximum atomic E-state index is 11.5. The topological polar surface area (TPSA) is 69.3 Å². The largest absolute Gasteiger partial charge is 0.360 e. The summed E-state index contributed by atoms with van der Waals surface area (Å²) in [6, 6.07) is 4.26. The second-order valence-corrected chi connectivity index (χ2v) is 4.63. The van der Waals surface area contributed by atoms with Crippen molar-refractivity contribution in [3.63, 3.8) is 0 Å². The number of H-pyrrole nitrogens is 1. The first-order valence-corrected chi connectivity index (χ1v) is 6.53. The highest BCUT2D eigenvalue weighted by Crippen LogP contribution is 2.16. The van der Waals surface area contributed by atoms with Crippen LogP contribution in [0.3, 0.4) is 0 Å². The molecule has 1 aliphatic rings. The summed E-state index contributed by atoms with van der Waals surface area (Å²) in [5, 5.41) is 7.15. The Bertz CT molecular complexity index is 380. The Morgan fingerprint density at radius 1 is 1.44 bits per heavy atom. The molecule has 18 heavy (non-hydrogen) atoms. The molecule has 0 bridgehead atoms. The van der Waals surface area contributed by atoms with Gasteiger partial charge in [-0.05, 0) is 25.0 Å². The predicted molar refractivity (Wildman–Crippen MR) is 71.4 cm³/mol. The zero-order valence-electron chi connectivity index (χ0n) is 10.5. The van der Waals surface area contributed by atoms with E-state index in [1.165, 1.54) is 32.1 Å². The van der Waals surface area contributed by atoms with Crippen molar-refractivity contribution in [1.29, 1.82) is 0 Å². The summed E-state index contributed by atoms with van der Waals surface area (Å²) >= 11 is 0. The van der Waals surface area contributed by atoms with Gasteiger partial charge in [0, 0.05) is 12.2 Å². The molecule has 1 amide bonds. The number of aromatic amines is 1. The monoisotopic (exact) mass is 248 g/mol. The van der Waals surface area contributed by atoms with Crippen molar-refractivity contribution in [1.82, 2.24) is 15.7 Å². The zero-order chi connectivity index (χ0) is 12.6. The maximum absolute atomic E-state index is 11.5. The Balaban J connectivity index is 1.62. The molecule has 1 saturated carbocycles. The summed E-state index contributed by atoms with van der Waals surface area (Å²) in [5.41, 5.74) is 3.38. The van der Waals surface area contributed by atoms with Gasteiger partial charge < -0.3 is 10.3 Å². The zero-order valence-corrected chi connectivity index (χ0v) is 10.5. The highest BCUT2D eigenvalue weighted by atomic mass is 16.2. The fourth-order valence-corrected chi connectivity index (χ4v) is 2.18. The Kier molecular flexibility index (Phi) is 4.96. The number of rotatable bonds is 5. The summed E-state index contributed by atoms with van der Waals surface area (Å²) in [4.78, 5) is 14.5. The van der Waals surface area contributed by atoms with Gasteiger partial charge >= 0.3 is 0 Å². The number of carbonyl (C=O) groups excluding carboxylic acids is 1. The molecular weight excluding hydrogens is 228 g/mol. The standard InChI is InChI=1S/C13H20N4O/c18-13(10-15-11-5-2-1-3-6-11)17-16-9-12-7-4-8-14-12/h4,7-9,11,14-15H,1-3,5-6,10H2,(H,17,18)/b16-9-. The summed E-state index contributed by atoms with van der Waals surface area (Å²) in [6.07, 6.45) is 9.63. The predicted octanol–water partition coefficient (Wildman–Crippen LogP) is 1.39. The Morgan fingerprint density at radius 3 is 3.00 bits per heavy atom. The highest BCUT2D eigenvalue weighted by Gasteiger charge is 2.13. The first-order valence-electron chi connectivity index (χ1n) is 6.53. The third-order valence-corrected chi connectivity index (χ3v) is 3.17. The number of carbonyl (C=O) groups is 1. The Hall–Kier alpha value is -1.62. The van der Waals surface area contributed by atoms with E-state index in [9.17, 15) is 4.79 Å². The lowest BCUT2D eigenvalue weighted by molar-refractivity contribution is -0.120. The first kappa shape index (κ1) is 12.8. The molecule has 1 aromatic heterocycles. The molecule has 0 unspecified atom stereocenters. The molecule has 98 valence electrons. The van der Waals surface area contributed by atoms with E-state index in [0.29, 0.717) is 12.6 Å². The SMILES string of the molecule is O=C(CNC1CCCCC1)N/N=C\c1ccc[nH]1. The lowest BCUT2D eigenvalue weighted by Gasteiger charge is -2.22. The first-order chi connectivity index (χ1) is 8.84. The lowest BCUT2D eigenvalue weighted by Crippen LogP contribution is -2.38. The normalized spacial score (nSPS) is 17.1.